The van der Waals surface area contributed by atoms with Crippen LogP contribution in [0.1, 0.15) is 22.8 Å². The minimum Gasteiger partial charge on any atom is -0.508 e. The maximum atomic E-state index is 13.9. The van der Waals surface area contributed by atoms with Gasteiger partial charge < -0.3 is 15.5 Å². The Hall–Kier alpha value is -3.24. The number of carboxylic acid groups (broad SMARTS) is 1. The number of halogens is 1. The lowest BCUT2D eigenvalue weighted by Gasteiger charge is -2.22. The molecule has 2 aromatic rings. The summed E-state index contributed by atoms with van der Waals surface area (Å²) in [5, 5.41) is 21.1. The Morgan fingerprint density at radius 3 is 2.63 bits per heavy atom. The molecule has 1 aliphatic rings. The second kappa shape index (κ2) is 8.64. The van der Waals surface area contributed by atoms with Crippen LogP contribution >= 0.6 is 24.0 Å². The van der Waals surface area contributed by atoms with E-state index in [1.165, 1.54) is 43.3 Å². The molecule has 0 unspecified atom stereocenters. The molecule has 0 bridgehead atoms. The number of aromatic hydroxyl groups is 1. The summed E-state index contributed by atoms with van der Waals surface area (Å²) in [4.78, 5) is 38.0. The lowest BCUT2D eigenvalue weighted by Crippen LogP contribution is -2.44. The number of benzene rings is 2. The number of carbonyl (C=O) groups is 3. The maximum absolute atomic E-state index is 13.9. The third-order valence-electron chi connectivity index (χ3n) is 4.27. The van der Waals surface area contributed by atoms with Crippen molar-refractivity contribution in [3.05, 3.63) is 64.3 Å². The van der Waals surface area contributed by atoms with Crippen molar-refractivity contribution in [1.82, 2.24) is 4.90 Å². The van der Waals surface area contributed by atoms with Gasteiger partial charge in [-0.2, -0.15) is 0 Å². The smallest absolute Gasteiger partial charge is 0.337 e. The summed E-state index contributed by atoms with van der Waals surface area (Å²) in [7, 11) is 0. The first-order valence-electron chi connectivity index (χ1n) is 8.58. The molecule has 2 aromatic carbocycles. The Balaban J connectivity index is 1.82. The highest BCUT2D eigenvalue weighted by Gasteiger charge is 2.38. The fourth-order valence-electron chi connectivity index (χ4n) is 2.72. The predicted octanol–water partition coefficient (Wildman–Crippen LogP) is 3.46. The number of rotatable bonds is 5. The average Bonchev–Trinajstić information content (AvgIpc) is 2.97. The molecule has 0 saturated carbocycles. The van der Waals surface area contributed by atoms with Gasteiger partial charge in [0.15, 0.2) is 0 Å². The molecule has 1 heterocycles. The van der Waals surface area contributed by atoms with Gasteiger partial charge in [-0.15, -0.1) is 0 Å². The van der Waals surface area contributed by atoms with Crippen LogP contribution in [0.5, 0.6) is 5.75 Å². The molecular formula is C20H15FN2O5S2. The van der Waals surface area contributed by atoms with E-state index in [1.54, 1.807) is 6.07 Å². The van der Waals surface area contributed by atoms with E-state index in [0.717, 1.165) is 22.7 Å². The molecule has 0 radical (unpaired) electrons. The summed E-state index contributed by atoms with van der Waals surface area (Å²) in [6.07, 6.45) is 1.36. The van der Waals surface area contributed by atoms with Crippen molar-refractivity contribution in [1.29, 1.82) is 0 Å². The van der Waals surface area contributed by atoms with E-state index in [-0.39, 0.29) is 31.8 Å². The van der Waals surface area contributed by atoms with E-state index in [0.29, 0.717) is 0 Å². The first-order valence-corrected chi connectivity index (χ1v) is 9.80. The Bertz CT molecular complexity index is 1100. The standard InChI is InChI=1S/C20H15FN2O5S2/c1-10(17(25)22-15-7-6-12(24)9-13(15)19(27)28)23-18(26)16(30-20(23)29)8-11-4-2-3-5-14(11)21/h2-10,24H,1H3,(H,22,25)(H,27,28)/b16-8+/t10-/m1/s1. The van der Waals surface area contributed by atoms with Gasteiger partial charge in [0.1, 0.15) is 21.9 Å². The SMILES string of the molecule is C[C@H](C(=O)Nc1ccc(O)cc1C(=O)O)N1C(=O)/C(=C\c2ccccc2F)SC1=S. The van der Waals surface area contributed by atoms with Crippen LogP contribution in [0.25, 0.3) is 6.08 Å². The van der Waals surface area contributed by atoms with Gasteiger partial charge in [-0.3, -0.25) is 14.5 Å². The quantitative estimate of drug-likeness (QED) is 0.367. The second-order valence-electron chi connectivity index (χ2n) is 6.27. The number of nitrogens with one attached hydrogen (secondary N) is 1. The molecule has 154 valence electrons. The molecule has 1 saturated heterocycles. The predicted molar refractivity (Wildman–Crippen MR) is 115 cm³/mol. The minimum absolute atomic E-state index is 0.0375. The van der Waals surface area contributed by atoms with Crippen LogP contribution in [0.3, 0.4) is 0 Å². The van der Waals surface area contributed by atoms with Crippen LogP contribution in [0.2, 0.25) is 0 Å². The fraction of sp³-hybridized carbons (Fsp3) is 0.100. The Kier molecular flexibility index (Phi) is 6.18. The maximum Gasteiger partial charge on any atom is 0.337 e. The Labute approximate surface area is 180 Å². The van der Waals surface area contributed by atoms with Crippen LogP contribution < -0.4 is 5.32 Å². The zero-order valence-electron chi connectivity index (χ0n) is 15.5. The topological polar surface area (TPSA) is 107 Å². The third-order valence-corrected chi connectivity index (χ3v) is 5.60. The van der Waals surface area contributed by atoms with Gasteiger partial charge in [-0.25, -0.2) is 9.18 Å². The highest BCUT2D eigenvalue weighted by atomic mass is 32.2. The third kappa shape index (κ3) is 4.34. The first-order chi connectivity index (χ1) is 14.2. The number of carboxylic acids is 1. The summed E-state index contributed by atoms with van der Waals surface area (Å²) < 4.78 is 14.0. The molecule has 2 amide bonds. The van der Waals surface area contributed by atoms with Crippen molar-refractivity contribution in [2.45, 2.75) is 13.0 Å². The number of thioether (sulfide) groups is 1. The number of anilines is 1. The van der Waals surface area contributed by atoms with Crippen molar-refractivity contribution < 1.29 is 29.0 Å². The highest BCUT2D eigenvalue weighted by molar-refractivity contribution is 8.26. The van der Waals surface area contributed by atoms with Crippen molar-refractivity contribution in [3.63, 3.8) is 0 Å². The molecule has 0 aromatic heterocycles. The van der Waals surface area contributed by atoms with Crippen LogP contribution in [0.15, 0.2) is 47.4 Å². The van der Waals surface area contributed by atoms with E-state index >= 15 is 0 Å². The average molecular weight is 446 g/mol. The first kappa shape index (κ1) is 21.5. The lowest BCUT2D eigenvalue weighted by atomic mass is 10.1. The zero-order chi connectivity index (χ0) is 22.0. The summed E-state index contributed by atoms with van der Waals surface area (Å²) in [6.45, 7) is 1.44. The Morgan fingerprint density at radius 2 is 1.97 bits per heavy atom. The number of amides is 2. The van der Waals surface area contributed by atoms with Crippen molar-refractivity contribution in [3.8, 4) is 5.75 Å². The van der Waals surface area contributed by atoms with Crippen LogP contribution in [0.4, 0.5) is 10.1 Å². The second-order valence-corrected chi connectivity index (χ2v) is 7.95. The monoisotopic (exact) mass is 446 g/mol. The van der Waals surface area contributed by atoms with Gasteiger partial charge in [0, 0.05) is 5.56 Å². The zero-order valence-corrected chi connectivity index (χ0v) is 17.1. The molecular weight excluding hydrogens is 431 g/mol. The van der Waals surface area contributed by atoms with E-state index in [1.807, 2.05) is 0 Å². The van der Waals surface area contributed by atoms with Crippen LogP contribution in [-0.2, 0) is 9.59 Å². The number of phenolic OH excluding ortho intramolecular Hbond substituents is 1. The molecule has 0 aliphatic carbocycles. The van der Waals surface area contributed by atoms with Gasteiger partial charge in [0.05, 0.1) is 16.2 Å². The van der Waals surface area contributed by atoms with E-state index in [2.05, 4.69) is 5.32 Å². The van der Waals surface area contributed by atoms with Gasteiger partial charge in [-0.1, -0.05) is 42.2 Å². The van der Waals surface area contributed by atoms with E-state index in [9.17, 15) is 29.0 Å². The van der Waals surface area contributed by atoms with Gasteiger partial charge >= 0.3 is 5.97 Å². The summed E-state index contributed by atoms with van der Waals surface area (Å²) in [6, 6.07) is 8.34. The molecule has 0 spiro atoms. The van der Waals surface area contributed by atoms with Gasteiger partial charge in [-0.05, 0) is 37.3 Å². The number of thiocarbonyl (C=S) groups is 1. The normalized spacial score (nSPS) is 16.1. The van der Waals surface area contributed by atoms with Crippen molar-refractivity contribution in [2.24, 2.45) is 0 Å². The molecule has 30 heavy (non-hydrogen) atoms. The number of nitrogens with zero attached hydrogens (tertiary/aromatic N) is 1. The molecule has 10 heteroatoms. The summed E-state index contributed by atoms with van der Waals surface area (Å²) in [5.41, 5.74) is -0.129. The molecule has 3 N–H and O–H groups in total. The number of aromatic carboxylic acids is 1. The summed E-state index contributed by atoms with van der Waals surface area (Å²) in [5.74, 6) is -3.34. The fourth-order valence-corrected chi connectivity index (χ4v) is 4.13. The lowest BCUT2D eigenvalue weighted by molar-refractivity contribution is -0.129. The number of phenols is 1. The molecule has 1 aliphatic heterocycles. The molecule has 1 atom stereocenters. The number of hydrogen-bond donors (Lipinski definition) is 3. The van der Waals surface area contributed by atoms with Crippen molar-refractivity contribution in [2.75, 3.05) is 5.32 Å². The van der Waals surface area contributed by atoms with Gasteiger partial charge in [0.25, 0.3) is 5.91 Å². The van der Waals surface area contributed by atoms with Crippen LogP contribution in [0, 0.1) is 5.82 Å². The molecule has 1 fully saturated rings. The van der Waals surface area contributed by atoms with E-state index in [4.69, 9.17) is 12.2 Å². The minimum atomic E-state index is -1.34. The number of hydrogen-bond acceptors (Lipinski definition) is 6. The largest absolute Gasteiger partial charge is 0.508 e. The number of carbonyl (C=O) groups excluding carboxylic acids is 2. The van der Waals surface area contributed by atoms with E-state index < -0.39 is 29.6 Å². The van der Waals surface area contributed by atoms with Gasteiger partial charge in [0.2, 0.25) is 5.91 Å². The summed E-state index contributed by atoms with van der Waals surface area (Å²) >= 11 is 6.16. The molecule has 7 nitrogen and oxygen atoms in total. The Morgan fingerprint density at radius 1 is 1.27 bits per heavy atom. The van der Waals surface area contributed by atoms with Crippen molar-refractivity contribution >= 4 is 57.8 Å². The van der Waals surface area contributed by atoms with Crippen LogP contribution in [-0.4, -0.2) is 43.3 Å². The molecule has 3 rings (SSSR count). The highest BCUT2D eigenvalue weighted by Crippen LogP contribution is 2.34.